The van der Waals surface area contributed by atoms with Crippen LogP contribution in [0.15, 0.2) is 94.9 Å². The van der Waals surface area contributed by atoms with Crippen molar-refractivity contribution in [1.82, 2.24) is 59.4 Å². The normalized spacial score (nSPS) is 12.5. The Morgan fingerprint density at radius 3 is 1.18 bits per heavy atom. The fourth-order valence-electron chi connectivity index (χ4n) is 6.64. The van der Waals surface area contributed by atoms with E-state index < -0.39 is 53.3 Å². The fourth-order valence-corrected chi connectivity index (χ4v) is 9.11. The molecule has 0 aliphatic heterocycles. The molecule has 0 aliphatic rings. The maximum absolute atomic E-state index is 13.2. The zero-order chi connectivity index (χ0) is 48.6. The molecular weight excluding hydrogens is 935 g/mol. The van der Waals surface area contributed by atoms with Gasteiger partial charge in [0.05, 0.1) is 76.1 Å². The second kappa shape index (κ2) is 20.8. The van der Waals surface area contributed by atoms with Gasteiger partial charge in [0, 0.05) is 12.8 Å². The van der Waals surface area contributed by atoms with Gasteiger partial charge in [-0.25, -0.2) is 55.5 Å². The Kier molecular flexibility index (Phi) is 14.8. The third kappa shape index (κ3) is 10.6. The third-order valence-electron chi connectivity index (χ3n) is 10.1. The monoisotopic (exact) mass is 976 g/mol. The van der Waals surface area contributed by atoms with Crippen molar-refractivity contribution in [2.24, 2.45) is 0 Å². The summed E-state index contributed by atoms with van der Waals surface area (Å²) in [4.78, 5) is 23.6. The Hall–Kier alpha value is -7.74. The number of methoxy groups -OCH3 is 4. The summed E-state index contributed by atoms with van der Waals surface area (Å²) in [6.45, 7) is 3.06. The molecule has 2 aromatic carbocycles. The van der Waals surface area contributed by atoms with Crippen LogP contribution in [-0.2, 0) is 44.0 Å². The summed E-state index contributed by atoms with van der Waals surface area (Å²) in [6, 6.07) is 10.3. The van der Waals surface area contributed by atoms with E-state index in [-0.39, 0.29) is 59.6 Å². The van der Waals surface area contributed by atoms with E-state index in [0.29, 0.717) is 34.4 Å². The van der Waals surface area contributed by atoms with Crippen LogP contribution in [-0.4, -0.2) is 115 Å². The van der Waals surface area contributed by atoms with Crippen LogP contribution in [0, 0.1) is 11.6 Å². The van der Waals surface area contributed by atoms with Crippen molar-refractivity contribution in [2.75, 3.05) is 28.4 Å². The number of oxazole rings is 2. The van der Waals surface area contributed by atoms with Crippen LogP contribution in [0.2, 0.25) is 0 Å². The second-order valence-electron chi connectivity index (χ2n) is 14.5. The van der Waals surface area contributed by atoms with E-state index in [4.69, 9.17) is 27.8 Å². The molecule has 0 bridgehead atoms. The molecule has 0 aliphatic carbocycles. The van der Waals surface area contributed by atoms with Crippen molar-refractivity contribution in [3.8, 4) is 57.8 Å². The smallest absolute Gasteiger partial charge is 0.265 e. The SMILES string of the molecule is COc1cccc(OC)c1-n1c(CS(=O)(=O)[C@@H](C)Cc2ncc(F)cn2)nnc1-c1ncco1.COc1cccc(OC)c1-n1c(CS(=O)(=O)[C@H](C)Cc2ncc(F)cn2)nnc1-c1ncco1. The molecule has 356 valence electrons. The van der Waals surface area contributed by atoms with Gasteiger partial charge in [-0.2, -0.15) is 0 Å². The minimum Gasteiger partial charge on any atom is -0.494 e. The molecule has 8 rings (SSSR count). The van der Waals surface area contributed by atoms with Crippen molar-refractivity contribution in [3.63, 3.8) is 0 Å². The van der Waals surface area contributed by atoms with Crippen LogP contribution in [0.3, 0.4) is 0 Å². The number of benzene rings is 2. The fraction of sp³-hybridized carbons (Fsp3) is 0.286. The van der Waals surface area contributed by atoms with E-state index >= 15 is 0 Å². The maximum Gasteiger partial charge on any atom is 0.265 e. The molecule has 0 N–H and O–H groups in total. The molecule has 68 heavy (non-hydrogen) atoms. The molecule has 22 nitrogen and oxygen atoms in total. The quantitative estimate of drug-likeness (QED) is 0.111. The average Bonchev–Trinajstić information content (AvgIpc) is 4.19. The molecule has 8 aromatic rings. The van der Waals surface area contributed by atoms with Gasteiger partial charge in [-0.05, 0) is 38.1 Å². The lowest BCUT2D eigenvalue weighted by Gasteiger charge is -2.17. The highest BCUT2D eigenvalue weighted by Crippen LogP contribution is 2.38. The molecule has 0 unspecified atom stereocenters. The molecule has 0 radical (unpaired) electrons. The minimum atomic E-state index is -3.78. The molecule has 2 atom stereocenters. The van der Waals surface area contributed by atoms with Crippen LogP contribution in [0.25, 0.3) is 34.8 Å². The van der Waals surface area contributed by atoms with Crippen LogP contribution < -0.4 is 18.9 Å². The molecule has 26 heteroatoms. The first-order valence-corrected chi connectivity index (χ1v) is 23.6. The predicted molar refractivity (Wildman–Crippen MR) is 235 cm³/mol. The molecule has 6 aromatic heterocycles. The van der Waals surface area contributed by atoms with E-state index in [9.17, 15) is 25.6 Å². The van der Waals surface area contributed by atoms with Crippen molar-refractivity contribution in [2.45, 2.75) is 48.7 Å². The van der Waals surface area contributed by atoms with Gasteiger partial charge < -0.3 is 27.8 Å². The van der Waals surface area contributed by atoms with Gasteiger partial charge >= 0.3 is 0 Å². The average molecular weight is 977 g/mol. The van der Waals surface area contributed by atoms with Crippen molar-refractivity contribution >= 4 is 19.7 Å². The highest BCUT2D eigenvalue weighted by molar-refractivity contribution is 7.91. The Balaban J connectivity index is 0.000000201. The van der Waals surface area contributed by atoms with Crippen molar-refractivity contribution in [1.29, 1.82) is 0 Å². The number of halogens is 2. The Labute approximate surface area is 387 Å². The van der Waals surface area contributed by atoms with Crippen molar-refractivity contribution < 1.29 is 53.4 Å². The number of ether oxygens (including phenoxy) is 4. The summed E-state index contributed by atoms with van der Waals surface area (Å²) in [5.41, 5.74) is 0.788. The standard InChI is InChI=1S/2C21H21FN6O5S/c2*1-13(9-17-24-10-14(22)11-25-17)34(29,30)12-18-26-27-20(21-23-7-8-33-21)28(18)19-15(31-2)5-4-6-16(19)32-3/h2*4-8,10-11,13H,9,12H2,1-3H3/t2*13-/m10/s1. The van der Waals surface area contributed by atoms with Crippen LogP contribution in [0.1, 0.15) is 37.1 Å². The first-order chi connectivity index (χ1) is 32.7. The van der Waals surface area contributed by atoms with Crippen molar-refractivity contribution in [3.05, 3.63) is 121 Å². The number of nitrogens with zero attached hydrogens (tertiary/aromatic N) is 12. The van der Waals surface area contributed by atoms with Gasteiger partial charge in [-0.15, -0.1) is 20.4 Å². The van der Waals surface area contributed by atoms with E-state index in [1.807, 2.05) is 0 Å². The van der Waals surface area contributed by atoms with E-state index in [2.05, 4.69) is 50.3 Å². The summed E-state index contributed by atoms with van der Waals surface area (Å²) >= 11 is 0. The molecule has 0 saturated heterocycles. The molecule has 0 saturated carbocycles. The number of hydrogen-bond acceptors (Lipinski definition) is 20. The highest BCUT2D eigenvalue weighted by atomic mass is 32.2. The lowest BCUT2D eigenvalue weighted by molar-refractivity contribution is 0.390. The van der Waals surface area contributed by atoms with Gasteiger partial charge in [-0.3, -0.25) is 9.13 Å². The molecule has 6 heterocycles. The molecule has 0 fully saturated rings. The second-order valence-corrected chi connectivity index (χ2v) is 19.4. The summed E-state index contributed by atoms with van der Waals surface area (Å²) in [6.07, 6.45) is 9.60. The molecular formula is C42H42F2N12O10S2. The largest absolute Gasteiger partial charge is 0.494 e. The Morgan fingerprint density at radius 1 is 0.544 bits per heavy atom. The first-order valence-electron chi connectivity index (χ1n) is 20.1. The summed E-state index contributed by atoms with van der Waals surface area (Å²) < 4.78 is 115. The topological polar surface area (TPSA) is 270 Å². The zero-order valence-corrected chi connectivity index (χ0v) is 38.7. The van der Waals surface area contributed by atoms with Crippen LogP contribution in [0.5, 0.6) is 23.0 Å². The van der Waals surface area contributed by atoms with Gasteiger partial charge in [0.1, 0.15) is 70.1 Å². The van der Waals surface area contributed by atoms with Gasteiger partial charge in [0.2, 0.25) is 11.6 Å². The van der Waals surface area contributed by atoms with Gasteiger partial charge in [0.15, 0.2) is 43.0 Å². The number of rotatable bonds is 18. The van der Waals surface area contributed by atoms with Gasteiger partial charge in [-0.1, -0.05) is 12.1 Å². The number of aromatic nitrogens is 12. The number of sulfone groups is 2. The lowest BCUT2D eigenvalue weighted by atomic mass is 10.2. The Morgan fingerprint density at radius 2 is 0.882 bits per heavy atom. The molecule has 0 spiro atoms. The summed E-state index contributed by atoms with van der Waals surface area (Å²) in [5, 5.41) is 14.8. The number of para-hydroxylation sites is 2. The first kappa shape index (κ1) is 48.2. The number of hydrogen-bond donors (Lipinski definition) is 0. The third-order valence-corrected chi connectivity index (χ3v) is 14.2. The van der Waals surface area contributed by atoms with Gasteiger partial charge in [0.25, 0.3) is 11.8 Å². The van der Waals surface area contributed by atoms with Crippen LogP contribution in [0.4, 0.5) is 8.78 Å². The van der Waals surface area contributed by atoms with E-state index in [1.54, 1.807) is 36.4 Å². The highest BCUT2D eigenvalue weighted by Gasteiger charge is 2.32. The zero-order valence-electron chi connectivity index (χ0n) is 37.1. The summed E-state index contributed by atoms with van der Waals surface area (Å²) in [5.74, 6) is 0.716. The maximum atomic E-state index is 13.2. The lowest BCUT2D eigenvalue weighted by Crippen LogP contribution is -2.24. The predicted octanol–water partition coefficient (Wildman–Crippen LogP) is 4.83. The summed E-state index contributed by atoms with van der Waals surface area (Å²) in [7, 11) is -1.63. The van der Waals surface area contributed by atoms with E-state index in [0.717, 1.165) is 24.8 Å². The minimum absolute atomic E-state index is 0.00132. The van der Waals surface area contributed by atoms with Crippen LogP contribution >= 0.6 is 0 Å². The van der Waals surface area contributed by atoms with E-state index in [1.165, 1.54) is 76.3 Å². The molecule has 0 amide bonds. The Bertz CT molecular complexity index is 2920.